The first-order valence-electron chi connectivity index (χ1n) is 14.8. The third kappa shape index (κ3) is 5.12. The first kappa shape index (κ1) is 28.8. The summed E-state index contributed by atoms with van der Waals surface area (Å²) < 4.78 is 65.0. The largest absolute Gasteiger partial charge is 0.496 e. The summed E-state index contributed by atoms with van der Waals surface area (Å²) in [5.74, 6) is -2.61. The molecule has 3 saturated carbocycles. The minimum atomic E-state index is -4.91. The van der Waals surface area contributed by atoms with Crippen molar-refractivity contribution < 1.29 is 41.5 Å². The normalized spacial score (nSPS) is 29.8. The van der Waals surface area contributed by atoms with Crippen molar-refractivity contribution >= 4 is 23.2 Å². The molecule has 6 atom stereocenters. The van der Waals surface area contributed by atoms with Crippen LogP contribution in [0.2, 0.25) is 0 Å². The van der Waals surface area contributed by atoms with Crippen LogP contribution in [-0.2, 0) is 20.5 Å². The van der Waals surface area contributed by atoms with E-state index in [1.165, 1.54) is 7.11 Å². The van der Waals surface area contributed by atoms with E-state index in [0.717, 1.165) is 37.3 Å². The first-order valence-corrected chi connectivity index (χ1v) is 14.8. The lowest BCUT2D eigenvalue weighted by atomic mass is 9.83. The van der Waals surface area contributed by atoms with Crippen LogP contribution in [0.15, 0.2) is 53.2 Å². The molecular weight excluding hydrogens is 582 g/mol. The number of nitrogens with zero attached hydrogens (tertiary/aromatic N) is 1. The van der Waals surface area contributed by atoms with E-state index in [2.05, 4.69) is 21.9 Å². The summed E-state index contributed by atoms with van der Waals surface area (Å²) in [7, 11) is 1.46. The smallest absolute Gasteiger partial charge is 0.419 e. The molecule has 2 amide bonds. The minimum Gasteiger partial charge on any atom is -0.496 e. The quantitative estimate of drug-likeness (QED) is 0.325. The number of hydrogen-bond donors (Lipinski definition) is 2. The van der Waals surface area contributed by atoms with Gasteiger partial charge in [0.25, 0.3) is 5.91 Å². The molecule has 2 aliphatic heterocycles. The number of oxime groups is 1. The Balaban J connectivity index is 1.17. The number of halogens is 4. The zero-order valence-corrected chi connectivity index (χ0v) is 23.8. The lowest BCUT2D eigenvalue weighted by Crippen LogP contribution is -2.48. The molecule has 8 nitrogen and oxygen atoms in total. The van der Waals surface area contributed by atoms with Gasteiger partial charge in [-0.2, -0.15) is 13.2 Å². The van der Waals surface area contributed by atoms with Crippen molar-refractivity contribution in [3.05, 3.63) is 70.6 Å². The van der Waals surface area contributed by atoms with Crippen molar-refractivity contribution in [1.29, 1.82) is 0 Å². The number of alkyl halides is 3. The molecule has 3 aliphatic carbocycles. The Labute approximate surface area is 250 Å². The molecule has 4 unspecified atom stereocenters. The fourth-order valence-electron chi connectivity index (χ4n) is 7.23. The molecule has 7 rings (SSSR count). The summed E-state index contributed by atoms with van der Waals surface area (Å²) in [5.41, 5.74) is 1.15. The molecule has 1 saturated heterocycles. The molecule has 232 valence electrons. The fourth-order valence-corrected chi connectivity index (χ4v) is 7.23. The summed E-state index contributed by atoms with van der Waals surface area (Å²) in [4.78, 5) is 33.2. The van der Waals surface area contributed by atoms with E-state index in [0.29, 0.717) is 48.3 Å². The summed E-state index contributed by atoms with van der Waals surface area (Å²) in [6, 6.07) is 6.98. The number of nitrogens with one attached hydrogen (secondary N) is 2. The predicted octanol–water partition coefficient (Wildman–Crippen LogP) is 5.33. The van der Waals surface area contributed by atoms with Crippen LogP contribution in [0.3, 0.4) is 0 Å². The predicted molar refractivity (Wildman–Crippen MR) is 151 cm³/mol. The molecule has 2 aromatic carbocycles. The van der Waals surface area contributed by atoms with E-state index in [-0.39, 0.29) is 35.1 Å². The second-order valence-electron chi connectivity index (χ2n) is 12.2. The second-order valence-corrected chi connectivity index (χ2v) is 12.2. The molecule has 2 aromatic rings. The molecule has 2 heterocycles. The van der Waals surface area contributed by atoms with Crippen molar-refractivity contribution in [2.24, 2.45) is 34.7 Å². The maximum atomic E-state index is 13.9. The van der Waals surface area contributed by atoms with E-state index in [1.54, 1.807) is 18.2 Å². The Kier molecular flexibility index (Phi) is 7.14. The van der Waals surface area contributed by atoms with Gasteiger partial charge in [-0.3, -0.25) is 9.59 Å². The highest BCUT2D eigenvalue weighted by molar-refractivity contribution is 6.06. The number of carbonyl (C=O) groups excluding carboxylic acids is 2. The zero-order chi connectivity index (χ0) is 30.7. The summed E-state index contributed by atoms with van der Waals surface area (Å²) in [5, 5.41) is 9.91. The van der Waals surface area contributed by atoms with Crippen molar-refractivity contribution in [2.45, 2.75) is 44.0 Å². The second kappa shape index (κ2) is 10.9. The Hall–Kier alpha value is -3.93. The lowest BCUT2D eigenvalue weighted by molar-refractivity contribution is -0.140. The van der Waals surface area contributed by atoms with E-state index in [9.17, 15) is 27.2 Å². The van der Waals surface area contributed by atoms with Gasteiger partial charge in [-0.1, -0.05) is 16.8 Å². The number of carbonyl (C=O) groups is 2. The van der Waals surface area contributed by atoms with Crippen LogP contribution in [0.5, 0.6) is 5.75 Å². The van der Waals surface area contributed by atoms with Gasteiger partial charge in [0.15, 0.2) is 6.10 Å². The van der Waals surface area contributed by atoms with Crippen molar-refractivity contribution in [1.82, 2.24) is 5.32 Å². The number of amides is 2. The number of benzene rings is 2. The van der Waals surface area contributed by atoms with E-state index >= 15 is 0 Å². The summed E-state index contributed by atoms with van der Waals surface area (Å²) in [6.45, 7) is 0.911. The van der Waals surface area contributed by atoms with Crippen LogP contribution >= 0.6 is 0 Å². The van der Waals surface area contributed by atoms with Gasteiger partial charge in [0.05, 0.1) is 49.0 Å². The zero-order valence-electron chi connectivity index (χ0n) is 23.8. The highest BCUT2D eigenvalue weighted by atomic mass is 19.4. The van der Waals surface area contributed by atoms with Crippen molar-refractivity contribution in [3.63, 3.8) is 0 Å². The number of rotatable bonds is 7. The van der Waals surface area contributed by atoms with Crippen LogP contribution in [-0.4, -0.2) is 50.0 Å². The topological polar surface area (TPSA) is 98.2 Å². The summed E-state index contributed by atoms with van der Waals surface area (Å²) in [6.07, 6.45) is 0.781. The molecule has 44 heavy (non-hydrogen) atoms. The van der Waals surface area contributed by atoms with Gasteiger partial charge in [0.2, 0.25) is 5.91 Å². The average Bonchev–Trinajstić information content (AvgIpc) is 3.27. The molecule has 0 spiro atoms. The van der Waals surface area contributed by atoms with Crippen molar-refractivity contribution in [3.8, 4) is 5.75 Å². The van der Waals surface area contributed by atoms with E-state index in [4.69, 9.17) is 14.3 Å². The Morgan fingerprint density at radius 3 is 2.57 bits per heavy atom. The highest BCUT2D eigenvalue weighted by Crippen LogP contribution is 2.54. The van der Waals surface area contributed by atoms with Crippen LogP contribution < -0.4 is 15.4 Å². The fraction of sp³-hybridized carbons (Fsp3) is 0.469. The molecule has 0 aromatic heterocycles. The molecule has 12 heteroatoms. The molecule has 4 fully saturated rings. The number of anilines is 1. The molecule has 0 radical (unpaired) electrons. The SMILES string of the molecule is COc1ccc(C2=NOC3COCC23)cc1C(=O)N[C@@H]1C2CCC(/C2=C/C2CC2)[C@@H]1C(=O)Nc1ccc(F)c(C(F)(F)F)c1. The van der Waals surface area contributed by atoms with E-state index in [1.807, 2.05) is 0 Å². The third-order valence-electron chi connectivity index (χ3n) is 9.49. The Morgan fingerprint density at radius 1 is 1.02 bits per heavy atom. The molecule has 2 N–H and O–H groups in total. The maximum Gasteiger partial charge on any atom is 0.419 e. The lowest BCUT2D eigenvalue weighted by Gasteiger charge is -2.30. The first-order chi connectivity index (χ1) is 21.1. The van der Waals surface area contributed by atoms with Gasteiger partial charge < -0.3 is 24.9 Å². The third-order valence-corrected chi connectivity index (χ3v) is 9.49. The Morgan fingerprint density at radius 2 is 1.82 bits per heavy atom. The van der Waals surface area contributed by atoms with Gasteiger partial charge in [0.1, 0.15) is 11.6 Å². The number of ether oxygens (including phenoxy) is 2. The minimum absolute atomic E-state index is 0.0441. The van der Waals surface area contributed by atoms with Crippen LogP contribution in [0.25, 0.3) is 0 Å². The van der Waals surface area contributed by atoms with Gasteiger partial charge >= 0.3 is 6.18 Å². The highest BCUT2D eigenvalue weighted by Gasteiger charge is 2.55. The monoisotopic (exact) mass is 613 g/mol. The number of fused-ring (bicyclic) bond motifs is 3. The van der Waals surface area contributed by atoms with Gasteiger partial charge in [-0.15, -0.1) is 0 Å². The average molecular weight is 614 g/mol. The molecule has 5 aliphatic rings. The van der Waals surface area contributed by atoms with Gasteiger partial charge in [0, 0.05) is 23.2 Å². The van der Waals surface area contributed by atoms with E-state index < -0.39 is 41.3 Å². The van der Waals surface area contributed by atoms with Crippen LogP contribution in [0.1, 0.15) is 47.2 Å². The van der Waals surface area contributed by atoms with Gasteiger partial charge in [-0.05, 0) is 73.9 Å². The number of methoxy groups -OCH3 is 1. The van der Waals surface area contributed by atoms with Gasteiger partial charge in [-0.25, -0.2) is 4.39 Å². The standard InChI is InChI=1S/C32H31F4N3O5/c1-42-25-9-4-16(28-22-13-43-14-26(22)44-39-28)11-21(25)30(40)38-29-19-7-6-18(20(19)10-15-2-3-15)27(29)31(41)37-17-5-8-24(33)23(12-17)32(34,35)36/h4-5,8-12,15,18-19,22,26-27,29H,2-3,6-7,13-14H2,1H3,(H,37,41)(H,38,40)/b20-10-/t18?,19?,22?,26?,27-,29+/m0/s1. The number of allylic oxidation sites excluding steroid dienone is 1. The number of hydrogen-bond acceptors (Lipinski definition) is 6. The molecule has 2 bridgehead atoms. The van der Waals surface area contributed by atoms with Crippen molar-refractivity contribution in [2.75, 3.05) is 25.6 Å². The molecular formula is C32H31F4N3O5. The summed E-state index contributed by atoms with van der Waals surface area (Å²) >= 11 is 0. The maximum absolute atomic E-state index is 13.9. The Bertz CT molecular complexity index is 1570. The van der Waals surface area contributed by atoms with Crippen LogP contribution in [0, 0.1) is 35.4 Å². The van der Waals surface area contributed by atoms with Crippen LogP contribution in [0.4, 0.5) is 23.2 Å².